The van der Waals surface area contributed by atoms with E-state index in [0.29, 0.717) is 12.2 Å². The van der Waals surface area contributed by atoms with Gasteiger partial charge in [-0.25, -0.2) is 5.01 Å². The van der Waals surface area contributed by atoms with Gasteiger partial charge in [-0.05, 0) is 36.4 Å². The number of phenolic OH excluding ortho intramolecular Hbond substituents is 2. The van der Waals surface area contributed by atoms with Crippen LogP contribution in [-0.2, 0) is 0 Å². The van der Waals surface area contributed by atoms with Crippen molar-refractivity contribution in [3.8, 4) is 23.0 Å². The number of ether oxygens (including phenoxy) is 2. The largest absolute Gasteiger partial charge is 0.507 e. The lowest BCUT2D eigenvalue weighted by Gasteiger charge is -2.38. The summed E-state index contributed by atoms with van der Waals surface area (Å²) < 4.78 is 11.4. The summed E-state index contributed by atoms with van der Waals surface area (Å²) in [5.74, 6) is 1.45. The summed E-state index contributed by atoms with van der Waals surface area (Å²) in [7, 11) is 1.52. The van der Waals surface area contributed by atoms with E-state index in [1.807, 2.05) is 47.5 Å². The second kappa shape index (κ2) is 6.74. The van der Waals surface area contributed by atoms with Crippen LogP contribution < -0.4 is 9.47 Å². The first kappa shape index (κ1) is 17.4. The molecule has 6 heteroatoms. The second-order valence-corrected chi connectivity index (χ2v) is 7.10. The fraction of sp³-hybridized carbons (Fsp3) is 0.174. The highest BCUT2D eigenvalue weighted by molar-refractivity contribution is 6.04. The molecule has 146 valence electrons. The first-order chi connectivity index (χ1) is 14.2. The lowest BCUT2D eigenvalue weighted by atomic mass is 9.95. The molecule has 0 spiro atoms. The predicted octanol–water partition coefficient (Wildman–Crippen LogP) is 4.35. The van der Waals surface area contributed by atoms with E-state index >= 15 is 0 Å². The van der Waals surface area contributed by atoms with Crippen LogP contribution in [0.3, 0.4) is 0 Å². The molecule has 0 radical (unpaired) electrons. The van der Waals surface area contributed by atoms with E-state index in [2.05, 4.69) is 0 Å². The zero-order valence-corrected chi connectivity index (χ0v) is 15.8. The Bertz CT molecular complexity index is 1110. The van der Waals surface area contributed by atoms with E-state index in [9.17, 15) is 10.2 Å². The van der Waals surface area contributed by atoms with Crippen LogP contribution in [0, 0.1) is 0 Å². The van der Waals surface area contributed by atoms with Crippen LogP contribution >= 0.6 is 0 Å². The molecule has 2 heterocycles. The average Bonchev–Trinajstić information content (AvgIpc) is 3.19. The molecule has 2 atom stereocenters. The number of para-hydroxylation sites is 2. The number of hydrogen-bond donors (Lipinski definition) is 2. The van der Waals surface area contributed by atoms with Gasteiger partial charge in [0.15, 0.2) is 11.5 Å². The van der Waals surface area contributed by atoms with E-state index < -0.39 is 6.23 Å². The molecule has 2 N–H and O–H groups in total. The lowest BCUT2D eigenvalue weighted by Crippen LogP contribution is -2.33. The van der Waals surface area contributed by atoms with Crippen molar-refractivity contribution in [2.75, 3.05) is 7.11 Å². The van der Waals surface area contributed by atoms with Gasteiger partial charge in [0.1, 0.15) is 11.5 Å². The Balaban J connectivity index is 1.60. The zero-order valence-electron chi connectivity index (χ0n) is 15.8. The fourth-order valence-corrected chi connectivity index (χ4v) is 4.00. The number of aromatic hydroxyl groups is 2. The average molecular weight is 388 g/mol. The first-order valence-corrected chi connectivity index (χ1v) is 9.42. The summed E-state index contributed by atoms with van der Waals surface area (Å²) in [5.41, 5.74) is 3.34. The highest BCUT2D eigenvalue weighted by atomic mass is 16.5. The number of rotatable bonds is 3. The Morgan fingerprint density at radius 1 is 1.00 bits per heavy atom. The summed E-state index contributed by atoms with van der Waals surface area (Å²) in [6, 6.07) is 20.3. The molecule has 2 aliphatic rings. The minimum absolute atomic E-state index is 0.0243. The van der Waals surface area contributed by atoms with Crippen molar-refractivity contribution in [1.82, 2.24) is 5.01 Å². The fourth-order valence-electron chi connectivity index (χ4n) is 4.00. The third-order valence-electron chi connectivity index (χ3n) is 5.40. The van der Waals surface area contributed by atoms with Gasteiger partial charge in [-0.2, -0.15) is 5.10 Å². The second-order valence-electron chi connectivity index (χ2n) is 7.10. The summed E-state index contributed by atoms with van der Waals surface area (Å²) in [5, 5.41) is 27.3. The van der Waals surface area contributed by atoms with Crippen molar-refractivity contribution in [3.63, 3.8) is 0 Å². The lowest BCUT2D eigenvalue weighted by molar-refractivity contribution is -0.0191. The van der Waals surface area contributed by atoms with Gasteiger partial charge in [0, 0.05) is 23.1 Å². The molecule has 0 bridgehead atoms. The van der Waals surface area contributed by atoms with Gasteiger partial charge >= 0.3 is 0 Å². The van der Waals surface area contributed by atoms with E-state index in [0.717, 1.165) is 28.2 Å². The van der Waals surface area contributed by atoms with Crippen molar-refractivity contribution in [1.29, 1.82) is 0 Å². The molecule has 5 rings (SSSR count). The summed E-state index contributed by atoms with van der Waals surface area (Å²) in [6.45, 7) is 0. The highest BCUT2D eigenvalue weighted by Gasteiger charge is 2.41. The Morgan fingerprint density at radius 2 is 1.79 bits per heavy atom. The van der Waals surface area contributed by atoms with Gasteiger partial charge in [0.25, 0.3) is 0 Å². The smallest absolute Gasteiger partial charge is 0.214 e. The Hall–Kier alpha value is -3.67. The van der Waals surface area contributed by atoms with Crippen molar-refractivity contribution < 1.29 is 19.7 Å². The molecule has 0 fully saturated rings. The van der Waals surface area contributed by atoms with Crippen LogP contribution in [-0.4, -0.2) is 28.0 Å². The molecule has 3 aromatic rings. The van der Waals surface area contributed by atoms with Gasteiger partial charge in [-0.1, -0.05) is 30.3 Å². The van der Waals surface area contributed by atoms with Crippen LogP contribution in [0.4, 0.5) is 0 Å². The van der Waals surface area contributed by atoms with E-state index in [1.165, 1.54) is 7.11 Å². The minimum atomic E-state index is -0.505. The molecule has 3 aromatic carbocycles. The predicted molar refractivity (Wildman–Crippen MR) is 108 cm³/mol. The quantitative estimate of drug-likeness (QED) is 0.698. The number of benzene rings is 3. The molecule has 2 aliphatic heterocycles. The van der Waals surface area contributed by atoms with Gasteiger partial charge in [0.05, 0.1) is 18.9 Å². The third kappa shape index (κ3) is 2.84. The molecule has 6 nitrogen and oxygen atoms in total. The topological polar surface area (TPSA) is 74.5 Å². The molecule has 29 heavy (non-hydrogen) atoms. The van der Waals surface area contributed by atoms with Crippen LogP contribution in [0.15, 0.2) is 71.8 Å². The van der Waals surface area contributed by atoms with E-state index in [-0.39, 0.29) is 17.5 Å². The maximum atomic E-state index is 10.3. The molecular weight excluding hydrogens is 368 g/mol. The van der Waals surface area contributed by atoms with Crippen molar-refractivity contribution in [3.05, 3.63) is 83.4 Å². The van der Waals surface area contributed by atoms with Gasteiger partial charge in [-0.3, -0.25) is 0 Å². The van der Waals surface area contributed by atoms with Gasteiger partial charge < -0.3 is 19.7 Å². The summed E-state index contributed by atoms with van der Waals surface area (Å²) in [4.78, 5) is 0. The maximum Gasteiger partial charge on any atom is 0.214 e. The Morgan fingerprint density at radius 3 is 2.59 bits per heavy atom. The third-order valence-corrected chi connectivity index (χ3v) is 5.40. The van der Waals surface area contributed by atoms with Crippen molar-refractivity contribution >= 4 is 5.71 Å². The summed E-state index contributed by atoms with van der Waals surface area (Å²) in [6.07, 6.45) is 0.145. The molecule has 0 saturated carbocycles. The van der Waals surface area contributed by atoms with Gasteiger partial charge in [0.2, 0.25) is 6.23 Å². The van der Waals surface area contributed by atoms with E-state index in [4.69, 9.17) is 14.6 Å². The maximum absolute atomic E-state index is 10.3. The SMILES string of the molecule is COc1ccc([C@@H]2Oc3ccccc3[C@H]3CC(c4ccccc4O)=NN32)cc1O. The van der Waals surface area contributed by atoms with Crippen LogP contribution in [0.5, 0.6) is 23.0 Å². The molecule has 0 saturated heterocycles. The molecular formula is C23H20N2O4. The van der Waals surface area contributed by atoms with Crippen molar-refractivity contribution in [2.24, 2.45) is 5.10 Å². The number of hydrazone groups is 1. The number of nitrogens with zero attached hydrogens (tertiary/aromatic N) is 2. The van der Waals surface area contributed by atoms with E-state index in [1.54, 1.807) is 24.3 Å². The number of methoxy groups -OCH3 is 1. The van der Waals surface area contributed by atoms with Crippen LogP contribution in [0.25, 0.3) is 0 Å². The molecule has 0 aliphatic carbocycles. The molecule has 0 unspecified atom stereocenters. The molecule has 0 amide bonds. The highest BCUT2D eigenvalue weighted by Crippen LogP contribution is 2.48. The Labute approximate surface area is 168 Å². The minimum Gasteiger partial charge on any atom is -0.507 e. The molecule has 0 aromatic heterocycles. The van der Waals surface area contributed by atoms with Crippen LogP contribution in [0.1, 0.15) is 35.4 Å². The van der Waals surface area contributed by atoms with Crippen molar-refractivity contribution in [2.45, 2.75) is 18.7 Å². The van der Waals surface area contributed by atoms with Crippen LogP contribution in [0.2, 0.25) is 0 Å². The first-order valence-electron chi connectivity index (χ1n) is 9.42. The zero-order chi connectivity index (χ0) is 20.0. The monoisotopic (exact) mass is 388 g/mol. The standard InChI is InChI=1S/C23H20N2O4/c1-28-22-11-10-14(12-20(22)27)23-25-18(16-7-3-5-9-21(16)29-23)13-17(24-25)15-6-2-4-8-19(15)26/h2-12,18,23,26-27H,13H2,1H3/t18-,23+/m1/s1. The number of hydrogen-bond acceptors (Lipinski definition) is 6. The normalized spacial score (nSPS) is 19.8. The number of phenols is 2. The van der Waals surface area contributed by atoms with Gasteiger partial charge in [-0.15, -0.1) is 0 Å². The number of fused-ring (bicyclic) bond motifs is 3. The summed E-state index contributed by atoms with van der Waals surface area (Å²) >= 11 is 0. The Kier molecular flexibility index (Phi) is 4.05.